The van der Waals surface area contributed by atoms with Gasteiger partial charge in [-0.15, -0.1) is 0 Å². The van der Waals surface area contributed by atoms with Crippen molar-refractivity contribution < 1.29 is 9.90 Å². The molecule has 1 amide bonds. The van der Waals surface area contributed by atoms with Crippen LogP contribution in [0.3, 0.4) is 0 Å². The largest absolute Gasteiger partial charge is 0.381 e. The van der Waals surface area contributed by atoms with E-state index in [0.29, 0.717) is 18.7 Å². The molecule has 1 fully saturated rings. The number of nitrogens with zero attached hydrogens (tertiary/aromatic N) is 3. The van der Waals surface area contributed by atoms with E-state index < -0.39 is 5.60 Å². The summed E-state index contributed by atoms with van der Waals surface area (Å²) in [4.78, 5) is 16.1. The third-order valence-corrected chi connectivity index (χ3v) is 4.17. The molecule has 0 radical (unpaired) electrons. The highest BCUT2D eigenvalue weighted by molar-refractivity contribution is 5.84. The summed E-state index contributed by atoms with van der Waals surface area (Å²) in [5.41, 5.74) is 0.469. The maximum atomic E-state index is 12.1. The minimum absolute atomic E-state index is 0.202. The predicted molar refractivity (Wildman–Crippen MR) is 84.0 cm³/mol. The van der Waals surface area contributed by atoms with Gasteiger partial charge in [0.25, 0.3) is 5.91 Å². The van der Waals surface area contributed by atoms with E-state index >= 15 is 0 Å². The first kappa shape index (κ1) is 16.5. The average molecular weight is 301 g/mol. The van der Waals surface area contributed by atoms with Crippen LogP contribution in [0.2, 0.25) is 0 Å². The molecule has 1 aromatic carbocycles. The Morgan fingerprint density at radius 2 is 1.95 bits per heavy atom. The number of aliphatic hydroxyl groups is 1. The van der Waals surface area contributed by atoms with Crippen molar-refractivity contribution in [2.24, 2.45) is 0 Å². The normalized spacial score (nSPS) is 17.9. The van der Waals surface area contributed by atoms with Gasteiger partial charge < -0.3 is 10.0 Å². The van der Waals surface area contributed by atoms with Gasteiger partial charge in [-0.05, 0) is 38.5 Å². The zero-order valence-corrected chi connectivity index (χ0v) is 13.4. The summed E-state index contributed by atoms with van der Waals surface area (Å²) in [5, 5.41) is 18.8. The summed E-state index contributed by atoms with van der Waals surface area (Å²) < 4.78 is 0. The summed E-state index contributed by atoms with van der Waals surface area (Å²) in [5.74, 6) is -0.216. The fourth-order valence-corrected chi connectivity index (χ4v) is 2.78. The Labute approximate surface area is 131 Å². The molecule has 1 saturated heterocycles. The molecule has 1 heterocycles. The quantitative estimate of drug-likeness (QED) is 0.919. The molecule has 1 aromatic rings. The third-order valence-electron chi connectivity index (χ3n) is 4.17. The average Bonchev–Trinajstić information content (AvgIpc) is 2.53. The molecule has 2 rings (SSSR count). The second-order valence-corrected chi connectivity index (χ2v) is 6.30. The molecule has 5 heteroatoms. The van der Waals surface area contributed by atoms with E-state index in [-0.39, 0.29) is 11.9 Å². The number of piperazine rings is 1. The Kier molecular flexibility index (Phi) is 4.84. The summed E-state index contributed by atoms with van der Waals surface area (Å²) in [6.45, 7) is 7.93. The topological polar surface area (TPSA) is 67.6 Å². The molecule has 118 valence electrons. The van der Waals surface area contributed by atoms with Gasteiger partial charge in [0.1, 0.15) is 5.60 Å². The van der Waals surface area contributed by atoms with Crippen LogP contribution in [-0.4, -0.2) is 52.6 Å². The highest BCUT2D eigenvalue weighted by atomic mass is 16.3. The molecule has 0 spiro atoms. The van der Waals surface area contributed by atoms with Gasteiger partial charge in [-0.2, -0.15) is 5.26 Å². The minimum atomic E-state index is -1.31. The molecule has 0 saturated carbocycles. The lowest BCUT2D eigenvalue weighted by atomic mass is 10.0. The second kappa shape index (κ2) is 6.47. The maximum Gasteiger partial charge on any atom is 0.254 e. The molecule has 1 aliphatic rings. The van der Waals surface area contributed by atoms with E-state index in [0.717, 1.165) is 18.7 Å². The lowest BCUT2D eigenvalue weighted by Gasteiger charge is -2.39. The van der Waals surface area contributed by atoms with Crippen LogP contribution in [0.1, 0.15) is 37.9 Å². The monoisotopic (exact) mass is 301 g/mol. The van der Waals surface area contributed by atoms with Gasteiger partial charge in [-0.1, -0.05) is 12.1 Å². The van der Waals surface area contributed by atoms with Gasteiger partial charge in [0.2, 0.25) is 0 Å². The summed E-state index contributed by atoms with van der Waals surface area (Å²) in [6, 6.07) is 10.0. The minimum Gasteiger partial charge on any atom is -0.381 e. The Balaban J connectivity index is 1.99. The Morgan fingerprint density at radius 3 is 2.50 bits per heavy atom. The molecule has 1 atom stereocenters. The van der Waals surface area contributed by atoms with Crippen LogP contribution in [-0.2, 0) is 4.79 Å². The number of carbonyl (C=O) groups is 1. The van der Waals surface area contributed by atoms with E-state index in [1.807, 2.05) is 18.2 Å². The first-order chi connectivity index (χ1) is 10.3. The van der Waals surface area contributed by atoms with Crippen LogP contribution in [0, 0.1) is 11.3 Å². The first-order valence-corrected chi connectivity index (χ1v) is 7.59. The number of carbonyl (C=O) groups excluding carboxylic acids is 1. The molecule has 1 aliphatic heterocycles. The highest BCUT2D eigenvalue weighted by Gasteiger charge is 2.32. The maximum absolute atomic E-state index is 12.1. The van der Waals surface area contributed by atoms with E-state index in [4.69, 9.17) is 5.26 Å². The summed E-state index contributed by atoms with van der Waals surface area (Å²) in [6.07, 6.45) is 0. The van der Waals surface area contributed by atoms with Crippen molar-refractivity contribution in [1.29, 1.82) is 5.26 Å². The molecular formula is C17H23N3O2. The van der Waals surface area contributed by atoms with E-state index in [2.05, 4.69) is 17.9 Å². The van der Waals surface area contributed by atoms with E-state index in [9.17, 15) is 9.90 Å². The van der Waals surface area contributed by atoms with Crippen molar-refractivity contribution in [2.75, 3.05) is 26.2 Å². The molecule has 5 nitrogen and oxygen atoms in total. The van der Waals surface area contributed by atoms with E-state index in [1.54, 1.807) is 11.0 Å². The van der Waals surface area contributed by atoms with Gasteiger partial charge in [-0.3, -0.25) is 9.69 Å². The van der Waals surface area contributed by atoms with E-state index in [1.165, 1.54) is 13.8 Å². The fourth-order valence-electron chi connectivity index (χ4n) is 2.78. The lowest BCUT2D eigenvalue weighted by Crippen LogP contribution is -2.54. The van der Waals surface area contributed by atoms with Crippen molar-refractivity contribution in [2.45, 2.75) is 32.4 Å². The Morgan fingerprint density at radius 1 is 1.32 bits per heavy atom. The summed E-state index contributed by atoms with van der Waals surface area (Å²) in [7, 11) is 0. The number of hydrogen-bond acceptors (Lipinski definition) is 4. The highest BCUT2D eigenvalue weighted by Crippen LogP contribution is 2.23. The molecule has 1 N–H and O–H groups in total. The van der Waals surface area contributed by atoms with Crippen molar-refractivity contribution >= 4 is 5.91 Å². The number of amides is 1. The number of rotatable bonds is 3. The van der Waals surface area contributed by atoms with Crippen molar-refractivity contribution in [1.82, 2.24) is 9.80 Å². The van der Waals surface area contributed by atoms with Crippen LogP contribution in [0.25, 0.3) is 0 Å². The lowest BCUT2D eigenvalue weighted by molar-refractivity contribution is -0.149. The van der Waals surface area contributed by atoms with Gasteiger partial charge in [0.05, 0.1) is 11.6 Å². The standard InChI is InChI=1S/C17H23N3O2/c1-13(15-6-4-5-14(11-15)12-18)19-7-9-20(10-8-19)16(21)17(2,3)22/h4-6,11,13,22H,7-10H2,1-3H3. The van der Waals surface area contributed by atoms with Crippen molar-refractivity contribution in [3.63, 3.8) is 0 Å². The second-order valence-electron chi connectivity index (χ2n) is 6.30. The van der Waals surface area contributed by atoms with Crippen LogP contribution in [0.15, 0.2) is 24.3 Å². The van der Waals surface area contributed by atoms with Crippen LogP contribution < -0.4 is 0 Å². The zero-order chi connectivity index (χ0) is 16.3. The first-order valence-electron chi connectivity index (χ1n) is 7.59. The Hall–Kier alpha value is -1.90. The van der Waals surface area contributed by atoms with Gasteiger partial charge in [0.15, 0.2) is 0 Å². The van der Waals surface area contributed by atoms with Gasteiger partial charge in [-0.25, -0.2) is 0 Å². The number of nitriles is 1. The molecule has 0 bridgehead atoms. The van der Waals surface area contributed by atoms with Crippen molar-refractivity contribution in [3.05, 3.63) is 35.4 Å². The molecule has 1 unspecified atom stereocenters. The van der Waals surface area contributed by atoms with Crippen molar-refractivity contribution in [3.8, 4) is 6.07 Å². The zero-order valence-electron chi connectivity index (χ0n) is 13.4. The molecular weight excluding hydrogens is 278 g/mol. The third kappa shape index (κ3) is 3.65. The Bertz CT molecular complexity index is 578. The molecule has 0 aromatic heterocycles. The summed E-state index contributed by atoms with van der Waals surface area (Å²) >= 11 is 0. The smallest absolute Gasteiger partial charge is 0.254 e. The van der Waals surface area contributed by atoms with Crippen LogP contribution in [0.5, 0.6) is 0 Å². The van der Waals surface area contributed by atoms with Crippen LogP contribution in [0.4, 0.5) is 0 Å². The number of hydrogen-bond donors (Lipinski definition) is 1. The van der Waals surface area contributed by atoms with Gasteiger partial charge in [0, 0.05) is 32.2 Å². The number of benzene rings is 1. The predicted octanol–water partition coefficient (Wildman–Crippen LogP) is 1.53. The van der Waals surface area contributed by atoms with Gasteiger partial charge >= 0.3 is 0 Å². The molecule has 22 heavy (non-hydrogen) atoms. The molecule has 0 aliphatic carbocycles. The fraction of sp³-hybridized carbons (Fsp3) is 0.529. The van der Waals surface area contributed by atoms with Crippen LogP contribution >= 0.6 is 0 Å². The SMILES string of the molecule is CC(c1cccc(C#N)c1)N1CCN(C(=O)C(C)(C)O)CC1.